The van der Waals surface area contributed by atoms with Crippen LogP contribution < -0.4 is 11.1 Å². The number of hydrogen-bond donors (Lipinski definition) is 2. The highest BCUT2D eigenvalue weighted by Gasteiger charge is 2.44. The molecule has 0 saturated carbocycles. The minimum atomic E-state index is 0.451. The van der Waals surface area contributed by atoms with Crippen molar-refractivity contribution in [2.45, 2.75) is 26.8 Å². The molecule has 2 aliphatic heterocycles. The van der Waals surface area contributed by atoms with Gasteiger partial charge in [-0.3, -0.25) is 9.47 Å². The SMILES string of the molecule is C/C=C\C(=C/C)c1ccc2nc(-c3cccnc3N)n(-c3ccc(CN4CC5(CCNC5)C4)cc3)c2n1. The summed E-state index contributed by atoms with van der Waals surface area (Å²) in [4.78, 5) is 16.9. The molecule has 4 aromatic rings. The van der Waals surface area contributed by atoms with Crippen LogP contribution in [0.3, 0.4) is 0 Å². The van der Waals surface area contributed by atoms with Crippen molar-refractivity contribution in [1.82, 2.24) is 29.7 Å². The quantitative estimate of drug-likeness (QED) is 0.376. The van der Waals surface area contributed by atoms with Gasteiger partial charge < -0.3 is 11.1 Å². The van der Waals surface area contributed by atoms with Crippen LogP contribution in [0.25, 0.3) is 33.8 Å². The molecule has 2 aliphatic rings. The van der Waals surface area contributed by atoms with E-state index in [0.29, 0.717) is 11.2 Å². The van der Waals surface area contributed by atoms with E-state index in [1.54, 1.807) is 6.20 Å². The second-order valence-electron chi connectivity index (χ2n) is 10.2. The Morgan fingerprint density at radius 1 is 1.08 bits per heavy atom. The lowest BCUT2D eigenvalue weighted by Crippen LogP contribution is -2.56. The zero-order valence-electron chi connectivity index (χ0n) is 21.5. The number of anilines is 1. The highest BCUT2D eigenvalue weighted by molar-refractivity contribution is 5.85. The van der Waals surface area contributed by atoms with E-state index in [2.05, 4.69) is 56.2 Å². The third-order valence-corrected chi connectivity index (χ3v) is 7.59. The number of nitrogen functional groups attached to an aromatic ring is 1. The summed E-state index contributed by atoms with van der Waals surface area (Å²) in [5.74, 6) is 1.19. The molecule has 0 bridgehead atoms. The van der Waals surface area contributed by atoms with Crippen LogP contribution in [-0.2, 0) is 6.54 Å². The van der Waals surface area contributed by atoms with Crippen molar-refractivity contribution >= 4 is 22.6 Å². The molecule has 1 spiro atoms. The summed E-state index contributed by atoms with van der Waals surface area (Å²) in [5.41, 5.74) is 13.5. The number of likely N-dealkylation sites (tertiary alicyclic amines) is 1. The monoisotopic (exact) mass is 491 g/mol. The number of pyridine rings is 2. The Morgan fingerprint density at radius 3 is 2.62 bits per heavy atom. The third kappa shape index (κ3) is 4.34. The Morgan fingerprint density at radius 2 is 1.92 bits per heavy atom. The van der Waals surface area contributed by atoms with Crippen molar-refractivity contribution in [1.29, 1.82) is 0 Å². The predicted octanol–water partition coefficient (Wildman–Crippen LogP) is 4.84. The van der Waals surface area contributed by atoms with Crippen LogP contribution in [0.2, 0.25) is 0 Å². The summed E-state index contributed by atoms with van der Waals surface area (Å²) in [7, 11) is 0. The van der Waals surface area contributed by atoms with E-state index in [4.69, 9.17) is 15.7 Å². The van der Waals surface area contributed by atoms with Crippen molar-refractivity contribution in [3.8, 4) is 17.1 Å². The van der Waals surface area contributed by atoms with Gasteiger partial charge in [0.2, 0.25) is 0 Å². The second-order valence-corrected chi connectivity index (χ2v) is 10.2. The van der Waals surface area contributed by atoms with Crippen LogP contribution in [0, 0.1) is 5.41 Å². The van der Waals surface area contributed by atoms with Gasteiger partial charge in [-0.15, -0.1) is 0 Å². The van der Waals surface area contributed by atoms with Crippen molar-refractivity contribution in [3.63, 3.8) is 0 Å². The second kappa shape index (κ2) is 9.57. The molecule has 3 N–H and O–H groups in total. The predicted molar refractivity (Wildman–Crippen MR) is 150 cm³/mol. The third-order valence-electron chi connectivity index (χ3n) is 7.59. The molecule has 7 nitrogen and oxygen atoms in total. The summed E-state index contributed by atoms with van der Waals surface area (Å²) in [5, 5.41) is 3.52. The maximum absolute atomic E-state index is 6.30. The van der Waals surface area contributed by atoms with E-state index in [9.17, 15) is 0 Å². The highest BCUT2D eigenvalue weighted by atomic mass is 15.2. The highest BCUT2D eigenvalue weighted by Crippen LogP contribution is 2.37. The number of rotatable bonds is 6. The van der Waals surface area contributed by atoms with Crippen molar-refractivity contribution in [2.24, 2.45) is 5.41 Å². The molecule has 3 aromatic heterocycles. The lowest BCUT2D eigenvalue weighted by Gasteiger charge is -2.48. The van der Waals surface area contributed by atoms with Gasteiger partial charge in [0.1, 0.15) is 11.3 Å². The number of imidazole rings is 1. The smallest absolute Gasteiger partial charge is 0.165 e. The fraction of sp³-hybridized carbons (Fsp3) is 0.300. The largest absolute Gasteiger partial charge is 0.383 e. The minimum Gasteiger partial charge on any atom is -0.383 e. The molecule has 2 fully saturated rings. The average molecular weight is 492 g/mol. The number of nitrogens with one attached hydrogen (secondary N) is 1. The first kappa shape index (κ1) is 23.6. The van der Waals surface area contributed by atoms with Gasteiger partial charge in [-0.1, -0.05) is 30.4 Å². The molecule has 5 heterocycles. The minimum absolute atomic E-state index is 0.451. The first-order valence-electron chi connectivity index (χ1n) is 13.0. The molecule has 6 rings (SSSR count). The zero-order valence-corrected chi connectivity index (χ0v) is 21.5. The fourth-order valence-corrected chi connectivity index (χ4v) is 5.75. The standard InChI is InChI=1S/C30H33N7/c1-3-6-22(4-2)25-12-13-26-29(34-25)37(28(35-26)24-7-5-15-33-27(24)31)23-10-8-21(9-11-23)17-36-19-30(20-36)14-16-32-18-30/h3-13,15,32H,14,16-20H2,1-2H3,(H2,31,33)/b6-3-,22-4+. The van der Waals surface area contributed by atoms with E-state index < -0.39 is 0 Å². The van der Waals surface area contributed by atoms with Crippen LogP contribution in [0.1, 0.15) is 31.5 Å². The first-order valence-corrected chi connectivity index (χ1v) is 13.0. The van der Waals surface area contributed by atoms with Crippen molar-refractivity contribution in [3.05, 3.63) is 84.2 Å². The van der Waals surface area contributed by atoms with Crippen LogP contribution in [0.15, 0.2) is 73.0 Å². The molecule has 2 saturated heterocycles. The van der Waals surface area contributed by atoms with Gasteiger partial charge in [0, 0.05) is 43.5 Å². The normalized spacial score (nSPS) is 17.7. The van der Waals surface area contributed by atoms with E-state index in [0.717, 1.165) is 59.1 Å². The van der Waals surface area contributed by atoms with Gasteiger partial charge in [0.25, 0.3) is 0 Å². The van der Waals surface area contributed by atoms with E-state index in [1.165, 1.54) is 25.1 Å². The van der Waals surface area contributed by atoms with Crippen LogP contribution in [0.4, 0.5) is 5.82 Å². The Bertz CT molecular complexity index is 1480. The lowest BCUT2D eigenvalue weighted by molar-refractivity contribution is 0.0103. The number of nitrogens with zero attached hydrogens (tertiary/aromatic N) is 5. The van der Waals surface area contributed by atoms with Crippen molar-refractivity contribution in [2.75, 3.05) is 31.9 Å². The van der Waals surface area contributed by atoms with Crippen LogP contribution >= 0.6 is 0 Å². The van der Waals surface area contributed by atoms with Gasteiger partial charge >= 0.3 is 0 Å². The molecule has 37 heavy (non-hydrogen) atoms. The lowest BCUT2D eigenvalue weighted by atomic mass is 9.79. The Kier molecular flexibility index (Phi) is 6.10. The zero-order chi connectivity index (χ0) is 25.4. The number of benzene rings is 1. The molecule has 0 unspecified atom stereocenters. The molecule has 0 atom stereocenters. The Labute approximate surface area is 217 Å². The van der Waals surface area contributed by atoms with Gasteiger partial charge in [-0.05, 0) is 74.3 Å². The molecule has 0 aliphatic carbocycles. The number of nitrogens with two attached hydrogens (primary N) is 1. The van der Waals surface area contributed by atoms with Crippen LogP contribution in [0.5, 0.6) is 0 Å². The van der Waals surface area contributed by atoms with Crippen molar-refractivity contribution < 1.29 is 0 Å². The molecule has 0 amide bonds. The molecule has 0 radical (unpaired) electrons. The summed E-state index contributed by atoms with van der Waals surface area (Å²) in [6, 6.07) is 16.7. The first-order chi connectivity index (χ1) is 18.1. The summed E-state index contributed by atoms with van der Waals surface area (Å²) in [6.07, 6.45) is 9.18. The molecular weight excluding hydrogens is 458 g/mol. The summed E-state index contributed by atoms with van der Waals surface area (Å²) >= 11 is 0. The maximum Gasteiger partial charge on any atom is 0.165 e. The number of aromatic nitrogens is 4. The summed E-state index contributed by atoms with van der Waals surface area (Å²) < 4.78 is 2.10. The van der Waals surface area contributed by atoms with Gasteiger partial charge in [0.05, 0.1) is 11.3 Å². The Hall–Kier alpha value is -3.81. The van der Waals surface area contributed by atoms with Crippen LogP contribution in [-0.4, -0.2) is 50.6 Å². The van der Waals surface area contributed by atoms with E-state index in [-0.39, 0.29) is 0 Å². The van der Waals surface area contributed by atoms with Gasteiger partial charge in [-0.25, -0.2) is 15.0 Å². The topological polar surface area (TPSA) is 84.9 Å². The number of fused-ring (bicyclic) bond motifs is 1. The van der Waals surface area contributed by atoms with Gasteiger partial charge in [-0.2, -0.15) is 0 Å². The Balaban J connectivity index is 1.39. The number of hydrogen-bond acceptors (Lipinski definition) is 6. The van der Waals surface area contributed by atoms with E-state index in [1.807, 2.05) is 44.2 Å². The van der Waals surface area contributed by atoms with E-state index >= 15 is 0 Å². The maximum atomic E-state index is 6.30. The average Bonchev–Trinajstić information content (AvgIpc) is 3.53. The number of allylic oxidation sites excluding steroid dienone is 4. The molecular formula is C30H33N7. The molecule has 188 valence electrons. The molecule has 1 aromatic carbocycles. The molecule has 7 heteroatoms. The fourth-order valence-electron chi connectivity index (χ4n) is 5.75. The summed E-state index contributed by atoms with van der Waals surface area (Å²) in [6.45, 7) is 9.71. The van der Waals surface area contributed by atoms with Gasteiger partial charge in [0.15, 0.2) is 11.5 Å².